The summed E-state index contributed by atoms with van der Waals surface area (Å²) in [5.74, 6) is -1.14. The number of nitrogens with one attached hydrogen (secondary N) is 1. The molecule has 0 unspecified atom stereocenters. The van der Waals surface area contributed by atoms with Gasteiger partial charge in [-0.3, -0.25) is 24.5 Å². The molecule has 0 radical (unpaired) electrons. The highest BCUT2D eigenvalue weighted by molar-refractivity contribution is 7.12. The number of aliphatic carboxylic acids is 1. The second-order valence-corrected chi connectivity index (χ2v) is 13.7. The summed E-state index contributed by atoms with van der Waals surface area (Å²) in [5.41, 5.74) is 0.985. The predicted octanol–water partition coefficient (Wildman–Crippen LogP) is 4.32. The van der Waals surface area contributed by atoms with E-state index in [0.29, 0.717) is 44.6 Å². The number of carbonyl (C=O) groups excluding carboxylic acids is 3. The summed E-state index contributed by atoms with van der Waals surface area (Å²) in [6.45, 7) is 7.40. The van der Waals surface area contributed by atoms with Crippen LogP contribution in [0.15, 0.2) is 30.3 Å². The van der Waals surface area contributed by atoms with E-state index in [9.17, 15) is 29.3 Å². The van der Waals surface area contributed by atoms with Crippen LogP contribution in [0.3, 0.4) is 0 Å². The molecule has 2 aromatic rings. The van der Waals surface area contributed by atoms with Crippen LogP contribution in [0.25, 0.3) is 0 Å². The number of fused-ring (bicyclic) bond motifs is 1. The lowest BCUT2D eigenvalue weighted by atomic mass is 9.92. The van der Waals surface area contributed by atoms with Crippen LogP contribution < -0.4 is 5.32 Å². The van der Waals surface area contributed by atoms with Crippen LogP contribution in [0.2, 0.25) is 0 Å². The fourth-order valence-corrected chi connectivity index (χ4v) is 6.72. The van der Waals surface area contributed by atoms with E-state index in [1.165, 1.54) is 23.5 Å². The number of nitrogens with zero attached hydrogens (tertiary/aromatic N) is 3. The van der Waals surface area contributed by atoms with Gasteiger partial charge < -0.3 is 25.0 Å². The second-order valence-electron chi connectivity index (χ2n) is 12.4. The normalized spacial score (nSPS) is 16.2. The first-order valence-electron chi connectivity index (χ1n) is 14.9. The van der Waals surface area contributed by atoms with Gasteiger partial charge in [-0.1, -0.05) is 12.1 Å². The van der Waals surface area contributed by atoms with Gasteiger partial charge in [-0.15, -0.1) is 11.3 Å². The Bertz CT molecular complexity index is 1380. The van der Waals surface area contributed by atoms with Crippen molar-refractivity contribution in [2.75, 3.05) is 19.6 Å². The van der Waals surface area contributed by atoms with Crippen LogP contribution in [0.1, 0.15) is 67.3 Å². The minimum Gasteiger partial charge on any atom is -0.481 e. The SMILES string of the molecule is CC(C)(C)OC(=O)N1CCC(CCC(=O)N[C@@H](Cc2ccc([N+](=O)[O-])cc2)C(=O)N2CCc3sc(CC(=O)O)cc3C2)CC1. The van der Waals surface area contributed by atoms with Gasteiger partial charge >= 0.3 is 12.1 Å². The molecule has 0 spiro atoms. The number of nitro groups is 1. The summed E-state index contributed by atoms with van der Waals surface area (Å²) in [5, 5.41) is 23.2. The molecule has 1 atom stereocenters. The second kappa shape index (κ2) is 14.2. The maximum Gasteiger partial charge on any atom is 0.410 e. The number of hydrogen-bond acceptors (Lipinski definition) is 8. The third kappa shape index (κ3) is 9.25. The number of non-ortho nitro benzene ring substituents is 1. The van der Waals surface area contributed by atoms with E-state index in [2.05, 4.69) is 5.32 Å². The number of rotatable bonds is 10. The number of nitro benzene ring substituents is 1. The van der Waals surface area contributed by atoms with Crippen molar-refractivity contribution in [3.63, 3.8) is 0 Å². The molecule has 4 rings (SSSR count). The van der Waals surface area contributed by atoms with Gasteiger partial charge in [0.15, 0.2) is 0 Å². The lowest BCUT2D eigenvalue weighted by molar-refractivity contribution is -0.384. The van der Waals surface area contributed by atoms with Crippen LogP contribution in [0.5, 0.6) is 0 Å². The minimum atomic E-state index is -0.906. The van der Waals surface area contributed by atoms with E-state index in [1.54, 1.807) is 21.9 Å². The van der Waals surface area contributed by atoms with Crippen molar-refractivity contribution in [2.24, 2.45) is 5.92 Å². The Morgan fingerprint density at radius 1 is 1.11 bits per heavy atom. The van der Waals surface area contributed by atoms with E-state index < -0.39 is 22.5 Å². The number of likely N-dealkylation sites (tertiary alicyclic amines) is 1. The number of hydrogen-bond donors (Lipinski definition) is 2. The highest BCUT2D eigenvalue weighted by Gasteiger charge is 2.31. The number of ether oxygens (including phenoxy) is 1. The number of carboxylic acid groups (broad SMARTS) is 1. The smallest absolute Gasteiger partial charge is 0.410 e. The summed E-state index contributed by atoms with van der Waals surface area (Å²) in [4.78, 5) is 66.2. The van der Waals surface area contributed by atoms with Gasteiger partial charge in [-0.2, -0.15) is 0 Å². The number of amides is 3. The Hall–Kier alpha value is -4.00. The number of thiophene rings is 1. The Balaban J connectivity index is 1.37. The van der Waals surface area contributed by atoms with Crippen molar-refractivity contribution in [3.05, 3.63) is 61.3 Å². The van der Waals surface area contributed by atoms with E-state index >= 15 is 0 Å². The van der Waals surface area contributed by atoms with E-state index in [-0.39, 0.29) is 48.8 Å². The summed E-state index contributed by atoms with van der Waals surface area (Å²) in [7, 11) is 0. The molecular weight excluding hydrogens is 588 g/mol. The molecule has 13 heteroatoms. The molecule has 0 bridgehead atoms. The van der Waals surface area contributed by atoms with Crippen LogP contribution in [0.4, 0.5) is 10.5 Å². The van der Waals surface area contributed by atoms with E-state index in [4.69, 9.17) is 9.84 Å². The van der Waals surface area contributed by atoms with Crippen molar-refractivity contribution in [3.8, 4) is 0 Å². The maximum absolute atomic E-state index is 13.8. The third-order valence-corrected chi connectivity index (χ3v) is 9.06. The lowest BCUT2D eigenvalue weighted by Crippen LogP contribution is -2.50. The third-order valence-electron chi connectivity index (χ3n) is 7.82. The molecule has 12 nitrogen and oxygen atoms in total. The summed E-state index contributed by atoms with van der Waals surface area (Å²) in [6.07, 6.45) is 2.77. The average molecular weight is 629 g/mol. The Kier molecular flexibility index (Phi) is 10.6. The Labute approximate surface area is 260 Å². The quantitative estimate of drug-likeness (QED) is 0.291. The number of carboxylic acids is 1. The average Bonchev–Trinajstić information content (AvgIpc) is 3.36. The molecule has 2 aliphatic heterocycles. The fraction of sp³-hybridized carbons (Fsp3) is 0.548. The molecule has 238 valence electrons. The molecule has 1 saturated heterocycles. The summed E-state index contributed by atoms with van der Waals surface area (Å²) in [6, 6.07) is 6.92. The molecule has 2 N–H and O–H groups in total. The van der Waals surface area contributed by atoms with Crippen LogP contribution in [-0.2, 0) is 44.9 Å². The molecule has 44 heavy (non-hydrogen) atoms. The molecule has 0 saturated carbocycles. The van der Waals surface area contributed by atoms with Crippen molar-refractivity contribution < 1.29 is 33.9 Å². The van der Waals surface area contributed by atoms with Crippen LogP contribution >= 0.6 is 11.3 Å². The first-order chi connectivity index (χ1) is 20.8. The highest BCUT2D eigenvalue weighted by atomic mass is 32.1. The zero-order chi connectivity index (χ0) is 32.0. The van der Waals surface area contributed by atoms with Crippen LogP contribution in [0, 0.1) is 16.0 Å². The maximum atomic E-state index is 13.8. The molecular formula is C31H40N4O8S. The molecule has 1 fully saturated rings. The molecule has 1 aromatic carbocycles. The largest absolute Gasteiger partial charge is 0.481 e. The van der Waals surface area contributed by atoms with Gasteiger partial charge in [-0.05, 0) is 69.6 Å². The van der Waals surface area contributed by atoms with E-state index in [0.717, 1.165) is 28.2 Å². The first-order valence-corrected chi connectivity index (χ1v) is 15.7. The van der Waals surface area contributed by atoms with Crippen molar-refractivity contribution in [1.29, 1.82) is 0 Å². The first kappa shape index (κ1) is 32.9. The van der Waals surface area contributed by atoms with Gasteiger partial charge in [0.1, 0.15) is 11.6 Å². The fourth-order valence-electron chi connectivity index (χ4n) is 5.56. The topological polar surface area (TPSA) is 159 Å². The minimum absolute atomic E-state index is 0.0587. The molecule has 3 heterocycles. The highest BCUT2D eigenvalue weighted by Crippen LogP contribution is 2.29. The van der Waals surface area contributed by atoms with Crippen molar-refractivity contribution in [1.82, 2.24) is 15.1 Å². The van der Waals surface area contributed by atoms with Gasteiger partial charge in [0.2, 0.25) is 11.8 Å². The number of piperidine rings is 1. The molecule has 3 amide bonds. The Morgan fingerprint density at radius 2 is 1.80 bits per heavy atom. The predicted molar refractivity (Wildman–Crippen MR) is 163 cm³/mol. The van der Waals surface area contributed by atoms with Gasteiger partial charge in [0.05, 0.1) is 11.3 Å². The van der Waals surface area contributed by atoms with Crippen molar-refractivity contribution in [2.45, 2.75) is 83.9 Å². The summed E-state index contributed by atoms with van der Waals surface area (Å²) < 4.78 is 5.46. The van der Waals surface area contributed by atoms with E-state index in [1.807, 2.05) is 26.8 Å². The summed E-state index contributed by atoms with van der Waals surface area (Å²) >= 11 is 1.45. The van der Waals surface area contributed by atoms with Gasteiger partial charge in [0.25, 0.3) is 5.69 Å². The zero-order valence-corrected chi connectivity index (χ0v) is 26.2. The van der Waals surface area contributed by atoms with Crippen molar-refractivity contribution >= 4 is 40.9 Å². The van der Waals surface area contributed by atoms with Gasteiger partial charge in [0, 0.05) is 60.9 Å². The number of carbonyl (C=O) groups is 4. The molecule has 0 aliphatic carbocycles. The Morgan fingerprint density at radius 3 is 2.41 bits per heavy atom. The zero-order valence-electron chi connectivity index (χ0n) is 25.4. The molecule has 1 aromatic heterocycles. The van der Waals surface area contributed by atoms with Gasteiger partial charge in [-0.25, -0.2) is 4.79 Å². The lowest BCUT2D eigenvalue weighted by Gasteiger charge is -2.33. The molecule has 2 aliphatic rings. The monoisotopic (exact) mass is 628 g/mol. The van der Waals surface area contributed by atoms with Crippen LogP contribution in [-0.4, -0.2) is 75.0 Å². The number of benzene rings is 1. The standard InChI is InChI=1S/C31H40N4O8S/c1-31(2,3)43-30(40)33-13-10-20(11-14-33)6-9-27(36)32-25(16-21-4-7-23(8-5-21)35(41)42)29(39)34-15-12-26-22(19-34)17-24(44-26)18-28(37)38/h4-5,7-8,17,20,25H,6,9-16,18-19H2,1-3H3,(H,32,36)(H,37,38)/t25-/m0/s1.